The standard InChI is InChI=1S/C13H15N3O7/c17-7-9-8-22-13(23-12(9)15(19)20)16(21)6-5-14(18)10-3-1-2-4-11(10)16/h1-6,9,12-13,17-18H,7-8H2. The molecule has 1 fully saturated rings. The number of hydrogen-bond donors (Lipinski definition) is 2. The molecule has 4 unspecified atom stereocenters. The predicted molar refractivity (Wildman–Crippen MR) is 77.2 cm³/mol. The van der Waals surface area contributed by atoms with Gasteiger partial charge in [-0.1, -0.05) is 12.1 Å². The maximum absolute atomic E-state index is 13.2. The van der Waals surface area contributed by atoms with Crippen LogP contribution in [0.2, 0.25) is 0 Å². The number of anilines is 1. The van der Waals surface area contributed by atoms with Crippen LogP contribution in [0, 0.1) is 21.2 Å². The van der Waals surface area contributed by atoms with Gasteiger partial charge >= 0.3 is 12.6 Å². The lowest BCUT2D eigenvalue weighted by molar-refractivity contribution is -0.611. The van der Waals surface area contributed by atoms with Crippen molar-refractivity contribution in [2.24, 2.45) is 5.92 Å². The second-order valence-corrected chi connectivity index (χ2v) is 5.24. The Bertz CT molecular complexity index is 640. The van der Waals surface area contributed by atoms with Gasteiger partial charge < -0.3 is 15.1 Å². The lowest BCUT2D eigenvalue weighted by Gasteiger charge is -2.47. The first kappa shape index (κ1) is 15.8. The molecule has 4 atom stereocenters. The predicted octanol–water partition coefficient (Wildman–Crippen LogP) is 0.714. The number of nitro groups is 1. The molecule has 0 radical (unpaired) electrons. The summed E-state index contributed by atoms with van der Waals surface area (Å²) in [4.78, 5) is 10.4. The first-order valence-corrected chi connectivity index (χ1v) is 6.85. The lowest BCUT2D eigenvalue weighted by Crippen LogP contribution is -2.59. The Morgan fingerprint density at radius 2 is 2.17 bits per heavy atom. The van der Waals surface area contributed by atoms with Crippen LogP contribution in [0.4, 0.5) is 11.4 Å². The lowest BCUT2D eigenvalue weighted by atomic mass is 10.1. The van der Waals surface area contributed by atoms with E-state index in [9.17, 15) is 20.5 Å². The van der Waals surface area contributed by atoms with Crippen LogP contribution in [-0.2, 0) is 9.47 Å². The fourth-order valence-electron chi connectivity index (χ4n) is 2.58. The molecule has 0 bridgehead atoms. The van der Waals surface area contributed by atoms with E-state index in [0.717, 1.165) is 17.5 Å². The molecule has 0 saturated carbocycles. The van der Waals surface area contributed by atoms with Gasteiger partial charge in [0.1, 0.15) is 17.8 Å². The quantitative estimate of drug-likeness (QED) is 0.360. The summed E-state index contributed by atoms with van der Waals surface area (Å²) in [6.07, 6.45) is -0.861. The van der Waals surface area contributed by atoms with Crippen molar-refractivity contribution in [1.29, 1.82) is 0 Å². The van der Waals surface area contributed by atoms with Gasteiger partial charge in [-0.3, -0.25) is 15.3 Å². The van der Waals surface area contributed by atoms with E-state index in [0.29, 0.717) is 0 Å². The van der Waals surface area contributed by atoms with E-state index in [-0.39, 0.29) is 18.0 Å². The Kier molecular flexibility index (Phi) is 4.02. The van der Waals surface area contributed by atoms with Crippen LogP contribution in [0.15, 0.2) is 36.7 Å². The molecular formula is C13H15N3O7. The van der Waals surface area contributed by atoms with Crippen LogP contribution in [0.3, 0.4) is 0 Å². The van der Waals surface area contributed by atoms with E-state index in [1.807, 2.05) is 0 Å². The van der Waals surface area contributed by atoms with Gasteiger partial charge in [0.25, 0.3) is 0 Å². The minimum absolute atomic E-state index is 0.118. The van der Waals surface area contributed by atoms with Gasteiger partial charge in [-0.2, -0.15) is 0 Å². The van der Waals surface area contributed by atoms with Crippen molar-refractivity contribution in [3.63, 3.8) is 0 Å². The summed E-state index contributed by atoms with van der Waals surface area (Å²) < 4.78 is 9.26. The summed E-state index contributed by atoms with van der Waals surface area (Å²) in [6.45, 7) is -0.679. The molecule has 0 spiro atoms. The maximum atomic E-state index is 13.2. The molecule has 10 heteroatoms. The second-order valence-electron chi connectivity index (χ2n) is 5.24. The van der Waals surface area contributed by atoms with E-state index in [4.69, 9.17) is 14.6 Å². The number of aliphatic hydroxyl groups is 1. The maximum Gasteiger partial charge on any atom is 0.328 e. The number of hydroxylamine groups is 3. The third kappa shape index (κ3) is 2.57. The van der Waals surface area contributed by atoms with Crippen LogP contribution in [-0.4, -0.2) is 41.1 Å². The molecular weight excluding hydrogens is 310 g/mol. The molecule has 2 heterocycles. The molecule has 1 aromatic carbocycles. The SMILES string of the molecule is O=[N+]([O-])C1OC([N+]2([O-])C=CN(O)c3ccccc32)OCC1CO. The van der Waals surface area contributed by atoms with E-state index in [2.05, 4.69) is 0 Å². The van der Waals surface area contributed by atoms with Crippen LogP contribution in [0.5, 0.6) is 0 Å². The van der Waals surface area contributed by atoms with Crippen molar-refractivity contribution in [3.05, 3.63) is 52.0 Å². The highest BCUT2D eigenvalue weighted by Gasteiger charge is 2.48. The third-order valence-corrected chi connectivity index (χ3v) is 3.80. The molecule has 2 N–H and O–H groups in total. The highest BCUT2D eigenvalue weighted by atomic mass is 16.8. The van der Waals surface area contributed by atoms with Gasteiger partial charge in [-0.15, -0.1) is 0 Å². The molecule has 0 aliphatic carbocycles. The summed E-state index contributed by atoms with van der Waals surface area (Å²) in [5.41, 5.74) is 0.339. The summed E-state index contributed by atoms with van der Waals surface area (Å²) in [5, 5.41) is 44.0. The largest absolute Gasteiger partial charge is 0.618 e. The molecule has 1 saturated heterocycles. The zero-order valence-corrected chi connectivity index (χ0v) is 11.9. The smallest absolute Gasteiger partial charge is 0.328 e. The van der Waals surface area contributed by atoms with Crippen molar-refractivity contribution in [3.8, 4) is 0 Å². The van der Waals surface area contributed by atoms with Crippen molar-refractivity contribution >= 4 is 11.4 Å². The summed E-state index contributed by atoms with van der Waals surface area (Å²) in [6, 6.07) is 6.23. The topological polar surface area (TPSA) is 128 Å². The van der Waals surface area contributed by atoms with E-state index in [1.165, 1.54) is 12.1 Å². The van der Waals surface area contributed by atoms with Gasteiger partial charge in [-0.25, -0.2) is 14.4 Å². The van der Waals surface area contributed by atoms with Crippen molar-refractivity contribution in [2.75, 3.05) is 18.3 Å². The number of para-hydroxylation sites is 2. The molecule has 2 aliphatic heterocycles. The average Bonchev–Trinajstić information content (AvgIpc) is 2.58. The van der Waals surface area contributed by atoms with E-state index in [1.54, 1.807) is 12.1 Å². The van der Waals surface area contributed by atoms with Crippen molar-refractivity contribution in [1.82, 2.24) is 4.65 Å². The first-order valence-electron chi connectivity index (χ1n) is 6.85. The molecule has 1 aromatic rings. The number of fused-ring (bicyclic) bond motifs is 1. The Hall–Kier alpha value is -2.08. The van der Waals surface area contributed by atoms with Gasteiger partial charge in [0.05, 0.1) is 24.3 Å². The normalized spacial score (nSPS) is 33.3. The van der Waals surface area contributed by atoms with Gasteiger partial charge in [0, 0.05) is 6.07 Å². The number of hydrogen-bond acceptors (Lipinski definition) is 8. The van der Waals surface area contributed by atoms with E-state index < -0.39 is 34.7 Å². The van der Waals surface area contributed by atoms with Gasteiger partial charge in [-0.05, 0) is 6.07 Å². The number of ether oxygens (including phenoxy) is 2. The Morgan fingerprint density at radius 3 is 2.87 bits per heavy atom. The van der Waals surface area contributed by atoms with E-state index >= 15 is 0 Å². The molecule has 3 rings (SSSR count). The third-order valence-electron chi connectivity index (χ3n) is 3.80. The summed E-state index contributed by atoms with van der Waals surface area (Å²) >= 11 is 0. The Labute approximate surface area is 130 Å². The van der Waals surface area contributed by atoms with Gasteiger partial charge in [0.15, 0.2) is 5.69 Å². The average molecular weight is 325 g/mol. The minimum atomic E-state index is -1.55. The number of benzene rings is 1. The van der Waals surface area contributed by atoms with Crippen LogP contribution < -0.4 is 9.71 Å². The van der Waals surface area contributed by atoms with Crippen LogP contribution >= 0.6 is 0 Å². The van der Waals surface area contributed by atoms with Gasteiger partial charge in [0.2, 0.25) is 0 Å². The monoisotopic (exact) mass is 325 g/mol. The molecule has 23 heavy (non-hydrogen) atoms. The number of rotatable bonds is 3. The zero-order valence-electron chi connectivity index (χ0n) is 11.9. The number of aliphatic hydroxyl groups excluding tert-OH is 1. The molecule has 124 valence electrons. The Balaban J connectivity index is 1.95. The number of nitrogens with zero attached hydrogens (tertiary/aromatic N) is 3. The first-order chi connectivity index (χ1) is 11.0. The fraction of sp³-hybridized carbons (Fsp3) is 0.385. The summed E-state index contributed by atoms with van der Waals surface area (Å²) in [7, 11) is 0. The summed E-state index contributed by atoms with van der Waals surface area (Å²) in [5.74, 6) is -0.855. The molecule has 0 amide bonds. The van der Waals surface area contributed by atoms with Crippen LogP contribution in [0.25, 0.3) is 0 Å². The number of quaternary nitrogens is 1. The molecule has 2 aliphatic rings. The van der Waals surface area contributed by atoms with Crippen LogP contribution in [0.1, 0.15) is 0 Å². The zero-order chi connectivity index (χ0) is 16.6. The highest BCUT2D eigenvalue weighted by Crippen LogP contribution is 2.41. The second kappa shape index (κ2) is 5.85. The Morgan fingerprint density at radius 1 is 1.43 bits per heavy atom. The molecule has 10 nitrogen and oxygen atoms in total. The fourth-order valence-corrected chi connectivity index (χ4v) is 2.58. The minimum Gasteiger partial charge on any atom is -0.618 e. The highest BCUT2D eigenvalue weighted by molar-refractivity contribution is 5.72. The molecule has 0 aromatic heterocycles. The van der Waals surface area contributed by atoms with Crippen molar-refractivity contribution < 1.29 is 24.7 Å². The van der Waals surface area contributed by atoms with Crippen molar-refractivity contribution in [2.45, 2.75) is 12.6 Å².